The Bertz CT molecular complexity index is 671. The first-order chi connectivity index (χ1) is 8.33. The highest BCUT2D eigenvalue weighted by Crippen LogP contribution is 2.24. The minimum atomic E-state index is 0.782. The zero-order chi connectivity index (χ0) is 11.7. The van der Waals surface area contributed by atoms with Crippen molar-refractivity contribution < 1.29 is 0 Å². The number of fused-ring (bicyclic) bond motifs is 1. The van der Waals surface area contributed by atoms with Crippen molar-refractivity contribution in [2.75, 3.05) is 5.73 Å². The highest BCUT2D eigenvalue weighted by Gasteiger charge is 2.00. The van der Waals surface area contributed by atoms with E-state index in [1.54, 1.807) is 0 Å². The Morgan fingerprint density at radius 1 is 0.824 bits per heavy atom. The van der Waals surface area contributed by atoms with Crippen LogP contribution in [0.2, 0.25) is 0 Å². The van der Waals surface area contributed by atoms with Gasteiger partial charge in [0.25, 0.3) is 0 Å². The van der Waals surface area contributed by atoms with Gasteiger partial charge in [-0.1, -0.05) is 48.5 Å². The van der Waals surface area contributed by atoms with Crippen LogP contribution in [0.4, 0.5) is 5.69 Å². The lowest BCUT2D eigenvalue weighted by Crippen LogP contribution is -1.85. The van der Waals surface area contributed by atoms with Crippen LogP contribution in [0.5, 0.6) is 0 Å². The van der Waals surface area contributed by atoms with Gasteiger partial charge in [-0.05, 0) is 40.1 Å². The quantitative estimate of drug-likeness (QED) is 0.616. The molecule has 0 bridgehead atoms. The van der Waals surface area contributed by atoms with Crippen molar-refractivity contribution in [1.82, 2.24) is 0 Å². The van der Waals surface area contributed by atoms with Gasteiger partial charge in [-0.15, -0.1) is 0 Å². The predicted octanol–water partition coefficient (Wildman–Crippen LogP) is 3.89. The Labute approximate surface area is 101 Å². The molecule has 0 saturated heterocycles. The van der Waals surface area contributed by atoms with Gasteiger partial charge in [0, 0.05) is 5.69 Å². The molecule has 0 spiro atoms. The summed E-state index contributed by atoms with van der Waals surface area (Å²) in [5, 5.41) is 2.34. The lowest BCUT2D eigenvalue weighted by molar-refractivity contribution is 1.63. The second-order valence-electron chi connectivity index (χ2n) is 4.08. The largest absolute Gasteiger partial charge is 0.399 e. The van der Waals surface area contributed by atoms with Crippen molar-refractivity contribution in [3.05, 3.63) is 66.7 Å². The third kappa shape index (κ3) is 1.87. The molecule has 0 amide bonds. The fourth-order valence-corrected chi connectivity index (χ4v) is 1.99. The molecular formula is C16H12N. The Hall–Kier alpha value is -2.28. The summed E-state index contributed by atoms with van der Waals surface area (Å²) >= 11 is 0. The molecule has 0 saturated carbocycles. The fourth-order valence-electron chi connectivity index (χ4n) is 1.99. The van der Waals surface area contributed by atoms with Gasteiger partial charge in [0.2, 0.25) is 0 Å². The maximum atomic E-state index is 5.79. The van der Waals surface area contributed by atoms with Gasteiger partial charge < -0.3 is 5.73 Å². The standard InChI is InChI=1S/C16H12N/c17-16-7-3-6-14(11-16)15-9-8-12-4-1-2-5-13(12)10-15/h1-9,11H,17H2. The molecule has 17 heavy (non-hydrogen) atoms. The van der Waals surface area contributed by atoms with Gasteiger partial charge in [0.05, 0.1) is 0 Å². The lowest BCUT2D eigenvalue weighted by atomic mass is 10.0. The van der Waals surface area contributed by atoms with Crippen LogP contribution in [0.25, 0.3) is 21.9 Å². The first kappa shape index (κ1) is 9.91. The first-order valence-corrected chi connectivity index (χ1v) is 5.60. The van der Waals surface area contributed by atoms with E-state index in [4.69, 9.17) is 5.73 Å². The number of hydrogen-bond acceptors (Lipinski definition) is 1. The second-order valence-corrected chi connectivity index (χ2v) is 4.08. The SMILES string of the molecule is Nc1cccc(-c2[c]c3ccccc3cc2)c1. The zero-order valence-electron chi connectivity index (χ0n) is 9.35. The van der Waals surface area contributed by atoms with E-state index in [1.165, 1.54) is 5.39 Å². The van der Waals surface area contributed by atoms with E-state index in [1.807, 2.05) is 30.3 Å². The topological polar surface area (TPSA) is 26.0 Å². The Balaban J connectivity index is 2.18. The molecule has 0 fully saturated rings. The van der Waals surface area contributed by atoms with E-state index in [0.717, 1.165) is 22.2 Å². The molecule has 1 radical (unpaired) electrons. The summed E-state index contributed by atoms with van der Waals surface area (Å²) in [4.78, 5) is 0. The van der Waals surface area contributed by atoms with Crippen molar-refractivity contribution in [2.24, 2.45) is 0 Å². The molecule has 0 aliphatic heterocycles. The molecule has 0 heterocycles. The van der Waals surface area contributed by atoms with Gasteiger partial charge in [-0.3, -0.25) is 0 Å². The van der Waals surface area contributed by atoms with E-state index in [9.17, 15) is 0 Å². The Kier molecular flexibility index (Phi) is 2.30. The van der Waals surface area contributed by atoms with Crippen molar-refractivity contribution >= 4 is 16.5 Å². The van der Waals surface area contributed by atoms with Crippen LogP contribution in [0.15, 0.2) is 60.7 Å². The number of anilines is 1. The normalized spacial score (nSPS) is 10.6. The summed E-state index contributed by atoms with van der Waals surface area (Å²) in [7, 11) is 0. The smallest absolute Gasteiger partial charge is 0.0320 e. The highest BCUT2D eigenvalue weighted by atomic mass is 14.5. The average molecular weight is 218 g/mol. The summed E-state index contributed by atoms with van der Waals surface area (Å²) in [6.45, 7) is 0. The number of nitrogens with two attached hydrogens (primary N) is 1. The van der Waals surface area contributed by atoms with Crippen LogP contribution in [0.1, 0.15) is 0 Å². The molecule has 0 aliphatic carbocycles. The molecular weight excluding hydrogens is 206 g/mol. The van der Waals surface area contributed by atoms with Crippen molar-refractivity contribution in [2.45, 2.75) is 0 Å². The summed E-state index contributed by atoms with van der Waals surface area (Å²) < 4.78 is 0. The molecule has 3 aromatic carbocycles. The van der Waals surface area contributed by atoms with Crippen LogP contribution in [0.3, 0.4) is 0 Å². The number of benzene rings is 3. The molecule has 0 atom stereocenters. The van der Waals surface area contributed by atoms with Crippen LogP contribution in [-0.2, 0) is 0 Å². The van der Waals surface area contributed by atoms with Crippen molar-refractivity contribution in [3.8, 4) is 11.1 Å². The van der Waals surface area contributed by atoms with Gasteiger partial charge in [-0.25, -0.2) is 0 Å². The maximum Gasteiger partial charge on any atom is 0.0320 e. The number of rotatable bonds is 1. The summed E-state index contributed by atoms with van der Waals surface area (Å²) in [6.07, 6.45) is 0. The predicted molar refractivity (Wildman–Crippen MR) is 72.6 cm³/mol. The van der Waals surface area contributed by atoms with Gasteiger partial charge >= 0.3 is 0 Å². The van der Waals surface area contributed by atoms with Gasteiger partial charge in [-0.2, -0.15) is 0 Å². The third-order valence-electron chi connectivity index (χ3n) is 2.86. The van der Waals surface area contributed by atoms with Crippen LogP contribution in [0, 0.1) is 6.07 Å². The van der Waals surface area contributed by atoms with Crippen molar-refractivity contribution in [1.29, 1.82) is 0 Å². The molecule has 2 N–H and O–H groups in total. The summed E-state index contributed by atoms with van der Waals surface area (Å²) in [6, 6.07) is 23.7. The van der Waals surface area contributed by atoms with Crippen LogP contribution >= 0.6 is 0 Å². The third-order valence-corrected chi connectivity index (χ3v) is 2.86. The van der Waals surface area contributed by atoms with E-state index >= 15 is 0 Å². The molecule has 0 unspecified atom stereocenters. The molecule has 81 valence electrons. The average Bonchev–Trinajstić information content (AvgIpc) is 2.38. The zero-order valence-corrected chi connectivity index (χ0v) is 9.35. The fraction of sp³-hybridized carbons (Fsp3) is 0. The maximum absolute atomic E-state index is 5.79. The first-order valence-electron chi connectivity index (χ1n) is 5.60. The second kappa shape index (κ2) is 3.95. The molecule has 3 aromatic rings. The summed E-state index contributed by atoms with van der Waals surface area (Å²) in [5.41, 5.74) is 8.76. The van der Waals surface area contributed by atoms with E-state index in [0.29, 0.717) is 0 Å². The Morgan fingerprint density at radius 3 is 2.59 bits per heavy atom. The van der Waals surface area contributed by atoms with Crippen LogP contribution < -0.4 is 5.73 Å². The molecule has 0 aliphatic rings. The molecule has 3 rings (SSSR count). The highest BCUT2D eigenvalue weighted by molar-refractivity contribution is 5.86. The molecule has 0 aromatic heterocycles. The minimum Gasteiger partial charge on any atom is -0.399 e. The Morgan fingerprint density at radius 2 is 1.71 bits per heavy atom. The number of hydrogen-bond donors (Lipinski definition) is 1. The van der Waals surface area contributed by atoms with E-state index < -0.39 is 0 Å². The monoisotopic (exact) mass is 218 g/mol. The molecule has 1 nitrogen and oxygen atoms in total. The van der Waals surface area contributed by atoms with E-state index in [-0.39, 0.29) is 0 Å². The van der Waals surface area contributed by atoms with Gasteiger partial charge in [0.1, 0.15) is 0 Å². The molecule has 1 heteroatoms. The minimum absolute atomic E-state index is 0.782. The van der Waals surface area contributed by atoms with Crippen LogP contribution in [-0.4, -0.2) is 0 Å². The lowest BCUT2D eigenvalue weighted by Gasteiger charge is -2.04. The van der Waals surface area contributed by atoms with E-state index in [2.05, 4.69) is 36.4 Å². The van der Waals surface area contributed by atoms with Crippen molar-refractivity contribution in [3.63, 3.8) is 0 Å². The number of nitrogen functional groups attached to an aromatic ring is 1. The van der Waals surface area contributed by atoms with Gasteiger partial charge in [0.15, 0.2) is 0 Å². The summed E-state index contributed by atoms with van der Waals surface area (Å²) in [5.74, 6) is 0.